The van der Waals surface area contributed by atoms with Crippen LogP contribution in [0.3, 0.4) is 0 Å². The number of hydrogen-bond donors (Lipinski definition) is 0. The molecule has 1 aliphatic rings. The number of halogens is 6. The topological polar surface area (TPSA) is 18.8 Å². The fourth-order valence-electron chi connectivity index (χ4n) is 1.36. The first-order chi connectivity index (χ1) is 7.71. The predicted molar refractivity (Wildman–Crippen MR) is 84.5 cm³/mol. The van der Waals surface area contributed by atoms with Crippen LogP contribution in [0, 0.1) is 0 Å². The van der Waals surface area contributed by atoms with Crippen LogP contribution in [0.1, 0.15) is 19.8 Å². The number of alkyl halides is 5. The lowest BCUT2D eigenvalue weighted by molar-refractivity contribution is 0.167. The summed E-state index contributed by atoms with van der Waals surface area (Å²) in [6.45, 7) is 2.79. The van der Waals surface area contributed by atoms with Gasteiger partial charge >= 0.3 is 0 Å². The second-order valence-corrected chi connectivity index (χ2v) is 8.37. The van der Waals surface area contributed by atoms with Gasteiger partial charge in [-0.2, -0.15) is 5.10 Å². The van der Waals surface area contributed by atoms with Gasteiger partial charge in [0, 0.05) is 6.54 Å². The molecule has 0 aromatic carbocycles. The largest absolute Gasteiger partial charge is 0.277 e. The minimum Gasteiger partial charge on any atom is -0.277 e. The normalized spacial score (nSPS) is 21.5. The first-order valence-electron chi connectivity index (χ1n) is 4.91. The smallest absolute Gasteiger partial charge is 0.227 e. The van der Waals surface area contributed by atoms with E-state index in [4.69, 9.17) is 58.0 Å². The molecule has 0 amide bonds. The van der Waals surface area contributed by atoms with Crippen molar-refractivity contribution in [2.24, 2.45) is 5.10 Å². The lowest BCUT2D eigenvalue weighted by Crippen LogP contribution is -2.54. The number of nitrogens with zero attached hydrogens (tertiary/aromatic N) is 3. The molecule has 0 aromatic heterocycles. The van der Waals surface area contributed by atoms with E-state index in [1.807, 2.05) is 22.9 Å². The van der Waals surface area contributed by atoms with Crippen molar-refractivity contribution >= 4 is 87.2 Å². The highest BCUT2D eigenvalue weighted by atomic mass is 127. The lowest BCUT2D eigenvalue weighted by Gasteiger charge is -2.39. The predicted octanol–water partition coefficient (Wildman–Crippen LogP) is 4.57. The summed E-state index contributed by atoms with van der Waals surface area (Å²) in [6.07, 6.45) is 3.09. The van der Waals surface area contributed by atoms with Crippen LogP contribution in [0.2, 0.25) is 0 Å². The minimum absolute atomic E-state index is 0.509. The summed E-state index contributed by atoms with van der Waals surface area (Å²) in [4.78, 5) is 0. The van der Waals surface area contributed by atoms with E-state index in [-0.39, 0.29) is 0 Å². The SMILES string of the molecule is CCCCN1N=CN(I)C1C(Cl)(Cl)C(Cl)(Cl)Cl. The van der Waals surface area contributed by atoms with Crippen molar-refractivity contribution < 1.29 is 0 Å². The molecule has 0 aromatic rings. The highest BCUT2D eigenvalue weighted by molar-refractivity contribution is 14.1. The molecule has 17 heavy (non-hydrogen) atoms. The molecule has 0 saturated heterocycles. The summed E-state index contributed by atoms with van der Waals surface area (Å²) >= 11 is 31.9. The van der Waals surface area contributed by atoms with E-state index in [2.05, 4.69) is 12.0 Å². The van der Waals surface area contributed by atoms with E-state index in [0.717, 1.165) is 12.8 Å². The van der Waals surface area contributed by atoms with E-state index in [1.165, 1.54) is 0 Å². The fraction of sp³-hybridized carbons (Fsp3) is 0.875. The van der Waals surface area contributed by atoms with Crippen molar-refractivity contribution in [2.75, 3.05) is 6.54 Å². The summed E-state index contributed by atoms with van der Waals surface area (Å²) in [5, 5.41) is 5.93. The number of hydrazone groups is 1. The molecule has 0 aliphatic carbocycles. The molecule has 3 nitrogen and oxygen atoms in total. The van der Waals surface area contributed by atoms with E-state index in [1.54, 1.807) is 14.5 Å². The van der Waals surface area contributed by atoms with Gasteiger partial charge in [-0.05, 0) is 6.42 Å². The van der Waals surface area contributed by atoms with Crippen LogP contribution in [-0.2, 0) is 0 Å². The molecular weight excluding hydrogens is 442 g/mol. The van der Waals surface area contributed by atoms with Gasteiger partial charge in [0.05, 0.1) is 22.9 Å². The van der Waals surface area contributed by atoms with Crippen molar-refractivity contribution in [3.63, 3.8) is 0 Å². The summed E-state index contributed by atoms with van der Waals surface area (Å²) in [7, 11) is 0. The molecule has 1 aliphatic heterocycles. The van der Waals surface area contributed by atoms with E-state index in [0.29, 0.717) is 6.54 Å². The molecule has 9 heteroatoms. The maximum atomic E-state index is 6.19. The van der Waals surface area contributed by atoms with E-state index < -0.39 is 14.3 Å². The Balaban J connectivity index is 2.86. The first kappa shape index (κ1) is 16.5. The Morgan fingerprint density at radius 1 is 1.29 bits per heavy atom. The zero-order valence-electron chi connectivity index (χ0n) is 8.89. The van der Waals surface area contributed by atoms with Crippen molar-refractivity contribution in [1.82, 2.24) is 8.12 Å². The molecular formula is C8H11Cl5IN3. The molecule has 0 N–H and O–H groups in total. The maximum absolute atomic E-state index is 6.19. The highest BCUT2D eigenvalue weighted by Gasteiger charge is 2.57. The Kier molecular flexibility index (Phi) is 6.08. The van der Waals surface area contributed by atoms with Crippen LogP contribution >= 0.6 is 80.9 Å². The van der Waals surface area contributed by atoms with Crippen LogP contribution < -0.4 is 0 Å². The average molecular weight is 453 g/mol. The van der Waals surface area contributed by atoms with Crippen LogP contribution in [0.5, 0.6) is 0 Å². The zero-order valence-corrected chi connectivity index (χ0v) is 14.8. The Bertz CT molecular complexity index is 293. The van der Waals surface area contributed by atoms with Gasteiger partial charge in [0.15, 0.2) is 6.17 Å². The number of hydrogen-bond acceptors (Lipinski definition) is 3. The van der Waals surface area contributed by atoms with Crippen LogP contribution in [-0.4, -0.2) is 35.3 Å². The summed E-state index contributed by atoms with van der Waals surface area (Å²) in [5.74, 6) is 0. The molecule has 1 heterocycles. The number of rotatable bonds is 4. The summed E-state index contributed by atoms with van der Waals surface area (Å²) < 4.78 is -1.68. The van der Waals surface area contributed by atoms with Gasteiger partial charge in [-0.15, -0.1) is 0 Å². The van der Waals surface area contributed by atoms with Gasteiger partial charge < -0.3 is 0 Å². The maximum Gasteiger partial charge on any atom is 0.227 e. The third-order valence-corrected chi connectivity index (χ3v) is 5.48. The zero-order chi connectivity index (χ0) is 13.3. The lowest BCUT2D eigenvalue weighted by atomic mass is 10.3. The second kappa shape index (κ2) is 6.27. The van der Waals surface area contributed by atoms with Gasteiger partial charge in [0.25, 0.3) is 0 Å². The molecule has 0 bridgehead atoms. The van der Waals surface area contributed by atoms with Crippen LogP contribution in [0.15, 0.2) is 5.10 Å². The Hall–Kier alpha value is 1.45. The Morgan fingerprint density at radius 3 is 2.35 bits per heavy atom. The van der Waals surface area contributed by atoms with Crippen molar-refractivity contribution in [3.05, 3.63) is 0 Å². The molecule has 0 fully saturated rings. The Labute approximate surface area is 140 Å². The molecule has 0 saturated carbocycles. The van der Waals surface area contributed by atoms with E-state index >= 15 is 0 Å². The van der Waals surface area contributed by atoms with Crippen molar-refractivity contribution in [2.45, 2.75) is 34.1 Å². The van der Waals surface area contributed by atoms with Gasteiger partial charge in [0.1, 0.15) is 6.34 Å². The quantitative estimate of drug-likeness (QED) is 0.353. The molecule has 1 unspecified atom stereocenters. The second-order valence-electron chi connectivity index (χ2n) is 3.59. The van der Waals surface area contributed by atoms with E-state index in [9.17, 15) is 0 Å². The molecule has 0 spiro atoms. The van der Waals surface area contributed by atoms with Crippen LogP contribution in [0.25, 0.3) is 0 Å². The van der Waals surface area contributed by atoms with Crippen molar-refractivity contribution in [3.8, 4) is 0 Å². The standard InChI is InChI=1S/C8H11Cl5IN3/c1-2-3-4-17-6(16(14)5-15-17)7(9,10)8(11,12)13/h5-6H,2-4H2,1H3. The van der Waals surface area contributed by atoms with Crippen LogP contribution in [0.4, 0.5) is 0 Å². The first-order valence-corrected chi connectivity index (χ1v) is 7.76. The highest BCUT2D eigenvalue weighted by Crippen LogP contribution is 2.51. The van der Waals surface area contributed by atoms with Gasteiger partial charge in [-0.1, -0.05) is 71.3 Å². The Morgan fingerprint density at radius 2 is 1.88 bits per heavy atom. The van der Waals surface area contributed by atoms with Gasteiger partial charge in [0.2, 0.25) is 8.13 Å². The fourth-order valence-corrected chi connectivity index (χ4v) is 3.23. The van der Waals surface area contributed by atoms with Crippen molar-refractivity contribution in [1.29, 1.82) is 0 Å². The third-order valence-electron chi connectivity index (χ3n) is 2.27. The van der Waals surface area contributed by atoms with Gasteiger partial charge in [-0.3, -0.25) is 8.12 Å². The average Bonchev–Trinajstić information content (AvgIpc) is 2.55. The number of unbranched alkanes of at least 4 members (excludes halogenated alkanes) is 1. The third kappa shape index (κ3) is 3.72. The monoisotopic (exact) mass is 451 g/mol. The molecule has 0 radical (unpaired) electrons. The minimum atomic E-state index is -1.80. The van der Waals surface area contributed by atoms with Gasteiger partial charge in [-0.25, -0.2) is 0 Å². The molecule has 1 rings (SSSR count). The summed E-state index contributed by atoms with van der Waals surface area (Å²) in [5.41, 5.74) is 0. The molecule has 1 atom stereocenters. The molecule has 100 valence electrons. The summed E-state index contributed by atoms with van der Waals surface area (Å²) in [6, 6.07) is 0.